The molecule has 0 fully saturated rings. The topological polar surface area (TPSA) is 121 Å². The summed E-state index contributed by atoms with van der Waals surface area (Å²) in [6.07, 6.45) is -2.72. The number of hydrogen-bond donors (Lipinski definition) is 4. The Morgan fingerprint density at radius 3 is 2.35 bits per heavy atom. The van der Waals surface area contributed by atoms with Crippen LogP contribution in [0, 0.1) is 0 Å². The second-order valence-electron chi connectivity index (χ2n) is 3.43. The van der Waals surface area contributed by atoms with Gasteiger partial charge in [-0.2, -0.15) is 0 Å². The fraction of sp³-hybridized carbons (Fsp3) is 0.333. The van der Waals surface area contributed by atoms with E-state index in [-0.39, 0.29) is 15.5 Å². The van der Waals surface area contributed by atoms with E-state index in [2.05, 4.69) is 0 Å². The lowest BCUT2D eigenvalue weighted by Crippen LogP contribution is -2.22. The lowest BCUT2D eigenvalue weighted by molar-refractivity contribution is -0.0152. The first-order chi connectivity index (χ1) is 7.77. The Balaban J connectivity index is 3.13. The summed E-state index contributed by atoms with van der Waals surface area (Å²) in [5, 5.41) is 32.2. The smallest absolute Gasteiger partial charge is 0.239 e. The van der Waals surface area contributed by atoms with Crippen molar-refractivity contribution >= 4 is 21.6 Å². The fourth-order valence-electron chi connectivity index (χ4n) is 1.25. The van der Waals surface area contributed by atoms with Gasteiger partial charge in [0.25, 0.3) is 0 Å². The van der Waals surface area contributed by atoms with Crippen molar-refractivity contribution in [3.05, 3.63) is 28.8 Å². The molecule has 2 atom stereocenters. The molecule has 0 radical (unpaired) electrons. The molecule has 0 saturated heterocycles. The molecule has 0 aliphatic carbocycles. The van der Waals surface area contributed by atoms with Crippen molar-refractivity contribution in [3.8, 4) is 0 Å². The predicted molar refractivity (Wildman–Crippen MR) is 60.9 cm³/mol. The first-order valence-electron chi connectivity index (χ1n) is 4.56. The van der Waals surface area contributed by atoms with Crippen LogP contribution in [0.25, 0.3) is 0 Å². The second-order valence-corrected chi connectivity index (χ2v) is 5.37. The second kappa shape index (κ2) is 5.30. The quantitative estimate of drug-likeness (QED) is 0.586. The summed E-state index contributed by atoms with van der Waals surface area (Å²) in [6, 6.07) is 3.56. The molecule has 0 spiro atoms. The molecule has 0 aromatic heterocycles. The molecule has 5 N–H and O–H groups in total. The maximum absolute atomic E-state index is 11.1. The van der Waals surface area contributed by atoms with Crippen LogP contribution in [0.3, 0.4) is 0 Å². The number of halogens is 1. The summed E-state index contributed by atoms with van der Waals surface area (Å²) in [5.41, 5.74) is 0.184. The third-order valence-corrected chi connectivity index (χ3v) is 3.55. The number of aliphatic hydroxyl groups excluding tert-OH is 3. The molecule has 2 unspecified atom stereocenters. The molecule has 1 aromatic rings. The van der Waals surface area contributed by atoms with Gasteiger partial charge in [-0.05, 0) is 17.7 Å². The van der Waals surface area contributed by atoms with Crippen molar-refractivity contribution in [2.45, 2.75) is 17.1 Å². The molecule has 96 valence electrons. The van der Waals surface area contributed by atoms with Crippen LogP contribution in [0.15, 0.2) is 23.1 Å². The lowest BCUT2D eigenvalue weighted by atomic mass is 10.1. The third-order valence-electron chi connectivity index (χ3n) is 2.16. The van der Waals surface area contributed by atoms with Crippen LogP contribution in [0.1, 0.15) is 11.7 Å². The number of benzene rings is 1. The summed E-state index contributed by atoms with van der Waals surface area (Å²) in [7, 11) is -3.93. The van der Waals surface area contributed by atoms with E-state index in [9.17, 15) is 18.6 Å². The average molecular weight is 282 g/mol. The largest absolute Gasteiger partial charge is 0.394 e. The molecule has 1 rings (SSSR count). The van der Waals surface area contributed by atoms with Gasteiger partial charge in [0.15, 0.2) is 0 Å². The van der Waals surface area contributed by atoms with Gasteiger partial charge in [-0.3, -0.25) is 0 Å². The Morgan fingerprint density at radius 2 is 1.94 bits per heavy atom. The molecule has 0 amide bonds. The predicted octanol–water partition coefficient (Wildman–Crippen LogP) is -0.626. The molecular weight excluding hydrogens is 270 g/mol. The number of hydrogen-bond acceptors (Lipinski definition) is 5. The summed E-state index contributed by atoms with van der Waals surface area (Å²) < 4.78 is 22.1. The zero-order valence-electron chi connectivity index (χ0n) is 8.62. The van der Waals surface area contributed by atoms with E-state index in [4.69, 9.17) is 21.8 Å². The van der Waals surface area contributed by atoms with Crippen LogP contribution in [-0.4, -0.2) is 36.4 Å². The van der Waals surface area contributed by atoms with Crippen LogP contribution in [-0.2, 0) is 10.0 Å². The van der Waals surface area contributed by atoms with Crippen molar-refractivity contribution in [2.24, 2.45) is 5.14 Å². The minimum atomic E-state index is -3.93. The average Bonchev–Trinajstić information content (AvgIpc) is 2.25. The Labute approximate surface area is 103 Å². The van der Waals surface area contributed by atoms with Gasteiger partial charge in [0, 0.05) is 0 Å². The number of aliphatic hydroxyl groups is 3. The number of rotatable bonds is 4. The van der Waals surface area contributed by atoms with Crippen molar-refractivity contribution in [1.29, 1.82) is 0 Å². The third kappa shape index (κ3) is 3.38. The minimum Gasteiger partial charge on any atom is -0.394 e. The van der Waals surface area contributed by atoms with Gasteiger partial charge >= 0.3 is 0 Å². The van der Waals surface area contributed by atoms with Gasteiger partial charge in [-0.1, -0.05) is 17.7 Å². The van der Waals surface area contributed by atoms with Gasteiger partial charge in [-0.15, -0.1) is 0 Å². The summed E-state index contributed by atoms with van der Waals surface area (Å²) in [6.45, 7) is -0.629. The zero-order chi connectivity index (χ0) is 13.2. The van der Waals surface area contributed by atoms with E-state index >= 15 is 0 Å². The van der Waals surface area contributed by atoms with E-state index in [1.165, 1.54) is 12.1 Å². The fourth-order valence-corrected chi connectivity index (χ4v) is 2.35. The Morgan fingerprint density at radius 1 is 1.35 bits per heavy atom. The minimum absolute atomic E-state index is 0.158. The summed E-state index contributed by atoms with van der Waals surface area (Å²) in [5.74, 6) is 0. The van der Waals surface area contributed by atoms with Crippen molar-refractivity contribution in [3.63, 3.8) is 0 Å². The standard InChI is InChI=1S/C9H12ClNO5S/c10-6-3-5(9(14)7(13)4-12)1-2-8(6)17(11,15)16/h1-3,7,9,12-14H,4H2,(H2,11,15,16). The Hall–Kier alpha value is -0.700. The Kier molecular flexibility index (Phi) is 4.48. The normalized spacial score (nSPS) is 15.6. The van der Waals surface area contributed by atoms with E-state index < -0.39 is 28.8 Å². The number of nitrogens with two attached hydrogens (primary N) is 1. The highest BCUT2D eigenvalue weighted by atomic mass is 35.5. The molecule has 6 nitrogen and oxygen atoms in total. The highest BCUT2D eigenvalue weighted by molar-refractivity contribution is 7.89. The van der Waals surface area contributed by atoms with Crippen LogP contribution in [0.5, 0.6) is 0 Å². The van der Waals surface area contributed by atoms with Gasteiger partial charge in [0.1, 0.15) is 17.1 Å². The molecule has 0 aliphatic heterocycles. The van der Waals surface area contributed by atoms with Crippen LogP contribution < -0.4 is 5.14 Å². The van der Waals surface area contributed by atoms with Crippen molar-refractivity contribution < 1.29 is 23.7 Å². The maximum atomic E-state index is 11.1. The van der Waals surface area contributed by atoms with E-state index in [0.29, 0.717) is 0 Å². The molecule has 8 heteroatoms. The number of sulfonamides is 1. The van der Waals surface area contributed by atoms with Crippen molar-refractivity contribution in [2.75, 3.05) is 6.61 Å². The monoisotopic (exact) mass is 281 g/mol. The van der Waals surface area contributed by atoms with Gasteiger partial charge in [-0.25, -0.2) is 13.6 Å². The maximum Gasteiger partial charge on any atom is 0.239 e. The van der Waals surface area contributed by atoms with Crippen LogP contribution in [0.2, 0.25) is 5.02 Å². The summed E-state index contributed by atoms with van der Waals surface area (Å²) in [4.78, 5) is -0.270. The highest BCUT2D eigenvalue weighted by Gasteiger charge is 2.20. The highest BCUT2D eigenvalue weighted by Crippen LogP contribution is 2.26. The Bertz CT molecular complexity index is 504. The van der Waals surface area contributed by atoms with Gasteiger partial charge < -0.3 is 15.3 Å². The van der Waals surface area contributed by atoms with E-state index in [1.807, 2.05) is 0 Å². The van der Waals surface area contributed by atoms with Gasteiger partial charge in [0.2, 0.25) is 10.0 Å². The molecular formula is C9H12ClNO5S. The molecule has 0 heterocycles. The molecule has 1 aromatic carbocycles. The first-order valence-corrected chi connectivity index (χ1v) is 6.49. The van der Waals surface area contributed by atoms with Crippen LogP contribution in [0.4, 0.5) is 0 Å². The van der Waals surface area contributed by atoms with Crippen LogP contribution >= 0.6 is 11.6 Å². The van der Waals surface area contributed by atoms with E-state index in [1.54, 1.807) is 0 Å². The molecule has 0 saturated carbocycles. The zero-order valence-corrected chi connectivity index (χ0v) is 10.2. The van der Waals surface area contributed by atoms with E-state index in [0.717, 1.165) is 6.07 Å². The first kappa shape index (κ1) is 14.4. The van der Waals surface area contributed by atoms with Crippen molar-refractivity contribution in [1.82, 2.24) is 0 Å². The molecule has 17 heavy (non-hydrogen) atoms. The summed E-state index contributed by atoms with van der Waals surface area (Å²) >= 11 is 5.69. The SMILES string of the molecule is NS(=O)(=O)c1ccc(C(O)C(O)CO)cc1Cl. The molecule has 0 bridgehead atoms. The number of primary sulfonamides is 1. The van der Waals surface area contributed by atoms with Gasteiger partial charge in [0.05, 0.1) is 11.6 Å². The lowest BCUT2D eigenvalue weighted by Gasteiger charge is -2.16. The molecule has 0 aliphatic rings.